The normalized spacial score (nSPS) is 12.2. The third-order valence-electron chi connectivity index (χ3n) is 3.15. The molecule has 0 bridgehead atoms. The number of benzene rings is 1. The monoisotopic (exact) mass is 286 g/mol. The molecule has 0 spiro atoms. The highest BCUT2D eigenvalue weighted by Crippen LogP contribution is 2.19. The van der Waals surface area contributed by atoms with E-state index in [4.69, 9.17) is 0 Å². The molecule has 102 valence electrons. The lowest BCUT2D eigenvalue weighted by molar-refractivity contribution is 0.0992. The SMILES string of the molecule is Cc1cccc2sc(=NC(=O)c3ccn(C)n3)n(C)c12. The van der Waals surface area contributed by atoms with Gasteiger partial charge in [-0.3, -0.25) is 9.48 Å². The van der Waals surface area contributed by atoms with Crippen LogP contribution >= 0.6 is 11.3 Å². The molecule has 0 N–H and O–H groups in total. The van der Waals surface area contributed by atoms with Gasteiger partial charge in [-0.05, 0) is 24.6 Å². The predicted octanol–water partition coefficient (Wildman–Crippen LogP) is 2.02. The number of carbonyl (C=O) groups is 1. The Labute approximate surface area is 119 Å². The largest absolute Gasteiger partial charge is 0.319 e. The van der Waals surface area contributed by atoms with Crippen molar-refractivity contribution in [3.05, 3.63) is 46.5 Å². The first-order valence-corrected chi connectivity index (χ1v) is 7.02. The molecule has 6 heteroatoms. The number of hydrogen-bond acceptors (Lipinski definition) is 3. The van der Waals surface area contributed by atoms with Crippen LogP contribution in [0.2, 0.25) is 0 Å². The third-order valence-corrected chi connectivity index (χ3v) is 4.25. The van der Waals surface area contributed by atoms with Crippen LogP contribution < -0.4 is 4.80 Å². The molecule has 0 aliphatic rings. The quantitative estimate of drug-likeness (QED) is 0.687. The number of aryl methyl sites for hydroxylation is 3. The number of carbonyl (C=O) groups excluding carboxylic acids is 1. The van der Waals surface area contributed by atoms with Crippen molar-refractivity contribution >= 4 is 27.5 Å². The van der Waals surface area contributed by atoms with E-state index in [0.29, 0.717) is 10.5 Å². The van der Waals surface area contributed by atoms with E-state index in [0.717, 1.165) is 10.2 Å². The number of nitrogens with zero attached hydrogens (tertiary/aromatic N) is 4. The zero-order chi connectivity index (χ0) is 14.3. The number of amides is 1. The van der Waals surface area contributed by atoms with Gasteiger partial charge in [-0.1, -0.05) is 23.5 Å². The van der Waals surface area contributed by atoms with Crippen LogP contribution in [-0.2, 0) is 14.1 Å². The minimum atomic E-state index is -0.314. The van der Waals surface area contributed by atoms with E-state index < -0.39 is 0 Å². The minimum Gasteiger partial charge on any atom is -0.319 e. The molecule has 5 nitrogen and oxygen atoms in total. The van der Waals surface area contributed by atoms with Gasteiger partial charge in [-0.2, -0.15) is 10.1 Å². The molecule has 1 aromatic carbocycles. The van der Waals surface area contributed by atoms with Crippen molar-refractivity contribution in [1.29, 1.82) is 0 Å². The smallest absolute Gasteiger partial charge is 0.300 e. The summed E-state index contributed by atoms with van der Waals surface area (Å²) in [5.74, 6) is -0.314. The zero-order valence-electron chi connectivity index (χ0n) is 11.5. The van der Waals surface area contributed by atoms with Crippen LogP contribution in [0.4, 0.5) is 0 Å². The second-order valence-corrected chi connectivity index (χ2v) is 5.67. The van der Waals surface area contributed by atoms with Crippen LogP contribution in [0.5, 0.6) is 0 Å². The highest BCUT2D eigenvalue weighted by atomic mass is 32.1. The van der Waals surface area contributed by atoms with Crippen molar-refractivity contribution in [2.75, 3.05) is 0 Å². The van der Waals surface area contributed by atoms with Crippen molar-refractivity contribution in [3.63, 3.8) is 0 Å². The molecule has 0 atom stereocenters. The van der Waals surface area contributed by atoms with Gasteiger partial charge in [0.05, 0.1) is 10.2 Å². The Hall–Kier alpha value is -2.21. The Morgan fingerprint density at radius 2 is 2.10 bits per heavy atom. The fourth-order valence-electron chi connectivity index (χ4n) is 2.18. The molecule has 2 aromatic heterocycles. The Morgan fingerprint density at radius 1 is 1.30 bits per heavy atom. The summed E-state index contributed by atoms with van der Waals surface area (Å²) < 4.78 is 4.67. The molecule has 3 rings (SSSR count). The summed E-state index contributed by atoms with van der Waals surface area (Å²) in [7, 11) is 3.70. The Balaban J connectivity index is 2.15. The van der Waals surface area contributed by atoms with Crippen LogP contribution in [0.1, 0.15) is 16.1 Å². The molecule has 1 amide bonds. The standard InChI is InChI=1S/C14H14N4OS/c1-9-5-4-6-11-12(9)18(3)14(20-11)15-13(19)10-7-8-17(2)16-10/h4-8H,1-3H3. The molecule has 2 heterocycles. The Bertz CT molecular complexity index is 869. The molecule has 20 heavy (non-hydrogen) atoms. The van der Waals surface area contributed by atoms with Crippen molar-refractivity contribution in [3.8, 4) is 0 Å². The number of rotatable bonds is 1. The van der Waals surface area contributed by atoms with Crippen LogP contribution in [-0.4, -0.2) is 20.3 Å². The second kappa shape index (κ2) is 4.72. The summed E-state index contributed by atoms with van der Waals surface area (Å²) in [6.07, 6.45) is 1.73. The van der Waals surface area contributed by atoms with Gasteiger partial charge < -0.3 is 4.57 Å². The van der Waals surface area contributed by atoms with Gasteiger partial charge in [0, 0.05) is 20.3 Å². The molecule has 0 unspecified atom stereocenters. The number of hydrogen-bond donors (Lipinski definition) is 0. The minimum absolute atomic E-state index is 0.314. The summed E-state index contributed by atoms with van der Waals surface area (Å²) in [5.41, 5.74) is 2.65. The van der Waals surface area contributed by atoms with Gasteiger partial charge in [-0.25, -0.2) is 0 Å². The van der Waals surface area contributed by atoms with E-state index in [1.807, 2.05) is 23.7 Å². The Morgan fingerprint density at radius 3 is 2.75 bits per heavy atom. The zero-order valence-corrected chi connectivity index (χ0v) is 12.3. The van der Waals surface area contributed by atoms with E-state index in [-0.39, 0.29) is 5.91 Å². The number of thiazole rings is 1. The predicted molar refractivity (Wildman–Crippen MR) is 78.6 cm³/mol. The van der Waals surface area contributed by atoms with E-state index >= 15 is 0 Å². The average Bonchev–Trinajstić information content (AvgIpc) is 2.96. The molecular formula is C14H14N4OS. The van der Waals surface area contributed by atoms with E-state index in [1.54, 1.807) is 24.0 Å². The lowest BCUT2D eigenvalue weighted by atomic mass is 10.2. The second-order valence-electron chi connectivity index (χ2n) is 4.66. The molecule has 0 aliphatic heterocycles. The highest BCUT2D eigenvalue weighted by molar-refractivity contribution is 7.16. The van der Waals surface area contributed by atoms with Gasteiger partial charge in [0.1, 0.15) is 0 Å². The number of fused-ring (bicyclic) bond motifs is 1. The summed E-state index contributed by atoms with van der Waals surface area (Å²) in [4.78, 5) is 17.0. The van der Waals surface area contributed by atoms with Crippen LogP contribution in [0, 0.1) is 6.92 Å². The average molecular weight is 286 g/mol. The van der Waals surface area contributed by atoms with Gasteiger partial charge in [0.15, 0.2) is 10.5 Å². The first-order chi connectivity index (χ1) is 9.56. The fourth-order valence-corrected chi connectivity index (χ4v) is 3.27. The van der Waals surface area contributed by atoms with Gasteiger partial charge >= 0.3 is 0 Å². The maximum Gasteiger partial charge on any atom is 0.300 e. The van der Waals surface area contributed by atoms with Crippen molar-refractivity contribution in [2.24, 2.45) is 19.1 Å². The molecule has 3 aromatic rings. The van der Waals surface area contributed by atoms with Crippen LogP contribution in [0.25, 0.3) is 10.2 Å². The highest BCUT2D eigenvalue weighted by Gasteiger charge is 2.10. The van der Waals surface area contributed by atoms with Crippen molar-refractivity contribution in [1.82, 2.24) is 14.3 Å². The van der Waals surface area contributed by atoms with Crippen molar-refractivity contribution in [2.45, 2.75) is 6.92 Å². The molecule has 0 fully saturated rings. The lowest BCUT2D eigenvalue weighted by Crippen LogP contribution is -2.14. The topological polar surface area (TPSA) is 52.2 Å². The van der Waals surface area contributed by atoms with E-state index in [2.05, 4.69) is 23.1 Å². The van der Waals surface area contributed by atoms with Gasteiger partial charge in [0.25, 0.3) is 5.91 Å². The van der Waals surface area contributed by atoms with Crippen LogP contribution in [0.3, 0.4) is 0 Å². The summed E-state index contributed by atoms with van der Waals surface area (Å²) in [5, 5.41) is 4.08. The van der Waals surface area contributed by atoms with Crippen LogP contribution in [0.15, 0.2) is 35.5 Å². The van der Waals surface area contributed by atoms with Crippen molar-refractivity contribution < 1.29 is 4.79 Å². The molecule has 0 saturated heterocycles. The number of aromatic nitrogens is 3. The maximum absolute atomic E-state index is 12.1. The van der Waals surface area contributed by atoms with E-state index in [1.165, 1.54) is 16.9 Å². The number of para-hydroxylation sites is 1. The molecular weight excluding hydrogens is 272 g/mol. The lowest BCUT2D eigenvalue weighted by Gasteiger charge is -1.98. The fraction of sp³-hybridized carbons (Fsp3) is 0.214. The van der Waals surface area contributed by atoms with Gasteiger partial charge in [0.2, 0.25) is 0 Å². The first-order valence-electron chi connectivity index (χ1n) is 6.20. The molecule has 0 saturated carbocycles. The molecule has 0 aliphatic carbocycles. The summed E-state index contributed by atoms with van der Waals surface area (Å²) in [6.45, 7) is 2.05. The molecule has 0 radical (unpaired) electrons. The van der Waals surface area contributed by atoms with Gasteiger partial charge in [-0.15, -0.1) is 0 Å². The Kier molecular flexibility index (Phi) is 3.02. The summed E-state index contributed by atoms with van der Waals surface area (Å²) >= 11 is 1.51. The summed E-state index contributed by atoms with van der Waals surface area (Å²) in [6, 6.07) is 7.78. The van der Waals surface area contributed by atoms with E-state index in [9.17, 15) is 4.79 Å². The third kappa shape index (κ3) is 2.08. The maximum atomic E-state index is 12.1. The first kappa shape index (κ1) is 12.8.